The molecule has 3 aliphatic rings. The zero-order valence-corrected chi connectivity index (χ0v) is 12.2. The molecule has 0 unspecified atom stereocenters. The van der Waals surface area contributed by atoms with E-state index in [-0.39, 0.29) is 12.1 Å². The van der Waals surface area contributed by atoms with E-state index in [1.54, 1.807) is 0 Å². The summed E-state index contributed by atoms with van der Waals surface area (Å²) in [7, 11) is 0. The number of carbonyl (C=O) groups is 2. The zero-order chi connectivity index (χ0) is 13.9. The lowest BCUT2D eigenvalue weighted by Crippen LogP contribution is -2.36. The molecule has 3 rings (SSSR count). The molecule has 2 amide bonds. The Labute approximate surface area is 123 Å². The molecule has 0 aromatic carbocycles. The minimum Gasteiger partial charge on any atom is -0.332 e. The number of carbonyl (C=O) groups excluding carboxylic acids is 2. The lowest BCUT2D eigenvalue weighted by Gasteiger charge is -2.16. The number of allylic oxidation sites excluding steroid dienone is 4. The van der Waals surface area contributed by atoms with E-state index < -0.39 is 0 Å². The topological polar surface area (TPSA) is 58.2 Å². The van der Waals surface area contributed by atoms with E-state index in [4.69, 9.17) is 0 Å². The van der Waals surface area contributed by atoms with Gasteiger partial charge in [0.05, 0.1) is 12.1 Å². The number of rotatable bonds is 6. The van der Waals surface area contributed by atoms with Crippen LogP contribution in [0.3, 0.4) is 0 Å². The van der Waals surface area contributed by atoms with Crippen molar-refractivity contribution in [3.8, 4) is 0 Å². The molecule has 5 heteroatoms. The molecule has 3 atom stereocenters. The van der Waals surface area contributed by atoms with Gasteiger partial charge in [-0.05, 0) is 24.8 Å². The molecule has 0 radical (unpaired) electrons. The number of Topliss-reactive ketones (excluding diaryl/α,β-unsaturated/α-hetero) is 1. The molecule has 108 valence electrons. The third kappa shape index (κ3) is 2.92. The molecule has 0 spiro atoms. The van der Waals surface area contributed by atoms with Gasteiger partial charge in [-0.15, -0.1) is 0 Å². The number of thioether (sulfide) groups is 1. The largest absolute Gasteiger partial charge is 0.332 e. The summed E-state index contributed by atoms with van der Waals surface area (Å²) in [5, 5.41) is 6.46. The second-order valence-corrected chi connectivity index (χ2v) is 6.89. The maximum Gasteiger partial charge on any atom is 0.315 e. The van der Waals surface area contributed by atoms with Gasteiger partial charge in [-0.25, -0.2) is 4.79 Å². The number of fused-ring (bicyclic) bond motifs is 1. The van der Waals surface area contributed by atoms with Crippen molar-refractivity contribution in [2.45, 2.75) is 49.4 Å². The third-order valence-electron chi connectivity index (χ3n) is 4.21. The Hall–Kier alpha value is -1.23. The minimum atomic E-state index is -0.0267. The maximum atomic E-state index is 11.9. The highest BCUT2D eigenvalue weighted by Gasteiger charge is 2.42. The summed E-state index contributed by atoms with van der Waals surface area (Å²) in [6.45, 7) is 0. The van der Waals surface area contributed by atoms with Gasteiger partial charge >= 0.3 is 6.03 Å². The molecule has 0 bridgehead atoms. The number of unbranched alkanes of at least 4 members (excludes halogenated alkanes) is 1. The average molecular weight is 292 g/mol. The lowest BCUT2D eigenvalue weighted by molar-refractivity contribution is -0.115. The first-order valence-corrected chi connectivity index (χ1v) is 8.36. The number of urea groups is 1. The summed E-state index contributed by atoms with van der Waals surface area (Å²) in [5.41, 5.74) is 0.951. The molecule has 2 heterocycles. The standard InChI is InChI=1S/C15H20N2O2S/c18-12(10-5-1-2-6-10)7-3-4-8-13-14-11(9-20-13)16-15(19)17-14/h1-2,5,11,13-14H,3-4,6-9H2,(H2,16,17,19)/t11-,13-,14-/m0/s1. The van der Waals surface area contributed by atoms with E-state index in [0.29, 0.717) is 23.5 Å². The molecule has 4 nitrogen and oxygen atoms in total. The summed E-state index contributed by atoms with van der Waals surface area (Å²) in [4.78, 5) is 23.2. The summed E-state index contributed by atoms with van der Waals surface area (Å²) in [5.74, 6) is 1.30. The Morgan fingerprint density at radius 3 is 3.05 bits per heavy atom. The minimum absolute atomic E-state index is 0.0267. The highest BCUT2D eigenvalue weighted by atomic mass is 32.2. The highest BCUT2D eigenvalue weighted by Crippen LogP contribution is 2.33. The Bertz CT molecular complexity index is 472. The Morgan fingerprint density at radius 1 is 1.35 bits per heavy atom. The molecular formula is C15H20N2O2S. The number of hydrogen-bond acceptors (Lipinski definition) is 3. The Balaban J connectivity index is 1.36. The fourth-order valence-corrected chi connectivity index (χ4v) is 4.63. The van der Waals surface area contributed by atoms with E-state index >= 15 is 0 Å². The molecule has 2 saturated heterocycles. The van der Waals surface area contributed by atoms with Crippen LogP contribution in [0.15, 0.2) is 23.8 Å². The second-order valence-electron chi connectivity index (χ2n) is 5.62. The Kier molecular flexibility index (Phi) is 4.15. The van der Waals surface area contributed by atoms with Crippen LogP contribution in [-0.4, -0.2) is 34.9 Å². The van der Waals surface area contributed by atoms with Crippen molar-refractivity contribution in [1.82, 2.24) is 10.6 Å². The molecule has 1 aliphatic carbocycles. The summed E-state index contributed by atoms with van der Waals surface area (Å²) < 4.78 is 0. The number of nitrogens with one attached hydrogen (secondary N) is 2. The first kappa shape index (κ1) is 13.7. The van der Waals surface area contributed by atoms with Crippen molar-refractivity contribution in [3.63, 3.8) is 0 Å². The Morgan fingerprint density at radius 2 is 2.25 bits per heavy atom. The van der Waals surface area contributed by atoms with Crippen LogP contribution in [0.5, 0.6) is 0 Å². The predicted molar refractivity (Wildman–Crippen MR) is 80.8 cm³/mol. The van der Waals surface area contributed by atoms with Gasteiger partial charge in [0.15, 0.2) is 5.78 Å². The van der Waals surface area contributed by atoms with Crippen LogP contribution >= 0.6 is 11.8 Å². The summed E-state index contributed by atoms with van der Waals surface area (Å²) >= 11 is 1.94. The van der Waals surface area contributed by atoms with Gasteiger partial charge < -0.3 is 10.6 Å². The van der Waals surface area contributed by atoms with Gasteiger partial charge in [-0.1, -0.05) is 24.6 Å². The van der Waals surface area contributed by atoms with Crippen LogP contribution in [-0.2, 0) is 4.79 Å². The zero-order valence-electron chi connectivity index (χ0n) is 11.4. The van der Waals surface area contributed by atoms with E-state index in [1.165, 1.54) is 0 Å². The van der Waals surface area contributed by atoms with Gasteiger partial charge in [-0.2, -0.15) is 11.8 Å². The van der Waals surface area contributed by atoms with E-state index in [2.05, 4.69) is 10.6 Å². The third-order valence-corrected chi connectivity index (χ3v) is 5.72. The van der Waals surface area contributed by atoms with Crippen LogP contribution in [0.2, 0.25) is 0 Å². The molecule has 2 aliphatic heterocycles. The van der Waals surface area contributed by atoms with Crippen LogP contribution in [0.4, 0.5) is 4.79 Å². The first-order chi connectivity index (χ1) is 9.74. The fourth-order valence-electron chi connectivity index (χ4n) is 3.09. The lowest BCUT2D eigenvalue weighted by atomic mass is 10.0. The van der Waals surface area contributed by atoms with Crippen LogP contribution in [0.1, 0.15) is 32.1 Å². The van der Waals surface area contributed by atoms with Gasteiger partial charge in [0.1, 0.15) is 0 Å². The molecule has 0 aromatic heterocycles. The fraction of sp³-hybridized carbons (Fsp3) is 0.600. The number of amides is 2. The van der Waals surface area contributed by atoms with Gasteiger partial charge in [0.2, 0.25) is 0 Å². The first-order valence-electron chi connectivity index (χ1n) is 7.31. The SMILES string of the molecule is O=C1N[C@H]2[C@H](CS[C@H]2CCCCC(=O)C2=CC=CC2)N1. The van der Waals surface area contributed by atoms with Crippen LogP contribution in [0, 0.1) is 0 Å². The van der Waals surface area contributed by atoms with Crippen molar-refractivity contribution >= 4 is 23.6 Å². The molecule has 2 fully saturated rings. The molecule has 20 heavy (non-hydrogen) atoms. The van der Waals surface area contributed by atoms with E-state index in [0.717, 1.165) is 37.0 Å². The quantitative estimate of drug-likeness (QED) is 0.582. The van der Waals surface area contributed by atoms with Crippen LogP contribution < -0.4 is 10.6 Å². The number of hydrogen-bond donors (Lipinski definition) is 2. The van der Waals surface area contributed by atoms with Crippen molar-refractivity contribution in [1.29, 1.82) is 0 Å². The van der Waals surface area contributed by atoms with E-state index in [1.807, 2.05) is 30.0 Å². The van der Waals surface area contributed by atoms with Gasteiger partial charge in [-0.3, -0.25) is 4.79 Å². The smallest absolute Gasteiger partial charge is 0.315 e. The monoisotopic (exact) mass is 292 g/mol. The van der Waals surface area contributed by atoms with Crippen molar-refractivity contribution in [2.75, 3.05) is 5.75 Å². The average Bonchev–Trinajstić information content (AvgIpc) is 3.11. The van der Waals surface area contributed by atoms with Crippen molar-refractivity contribution in [2.24, 2.45) is 0 Å². The molecule has 2 N–H and O–H groups in total. The second kappa shape index (κ2) is 6.04. The highest BCUT2D eigenvalue weighted by molar-refractivity contribution is 8.00. The molecule has 0 aromatic rings. The maximum absolute atomic E-state index is 11.9. The molecule has 0 saturated carbocycles. The van der Waals surface area contributed by atoms with Crippen molar-refractivity contribution in [3.05, 3.63) is 23.8 Å². The summed E-state index contributed by atoms with van der Waals surface area (Å²) in [6, 6.07) is 0.556. The normalized spacial score (nSPS) is 30.9. The van der Waals surface area contributed by atoms with E-state index in [9.17, 15) is 9.59 Å². The van der Waals surface area contributed by atoms with Crippen molar-refractivity contribution < 1.29 is 9.59 Å². The van der Waals surface area contributed by atoms with Gasteiger partial charge in [0.25, 0.3) is 0 Å². The molecular weight excluding hydrogens is 272 g/mol. The predicted octanol–water partition coefficient (Wildman–Crippen LogP) is 2.17. The number of ketones is 1. The summed E-state index contributed by atoms with van der Waals surface area (Å²) in [6.07, 6.45) is 10.5. The van der Waals surface area contributed by atoms with Crippen LogP contribution in [0.25, 0.3) is 0 Å². The van der Waals surface area contributed by atoms with Gasteiger partial charge in [0, 0.05) is 17.4 Å².